The average molecular weight is 355 g/mol. The van der Waals surface area contributed by atoms with E-state index in [1.807, 2.05) is 24.3 Å². The molecule has 4 heteroatoms. The molecule has 0 aliphatic rings. The van der Waals surface area contributed by atoms with Gasteiger partial charge in [-0.1, -0.05) is 24.3 Å². The second-order valence-corrected chi connectivity index (χ2v) is 5.09. The largest absolute Gasteiger partial charge is 0.489 e. The first kappa shape index (κ1) is 13.2. The summed E-state index contributed by atoms with van der Waals surface area (Å²) < 4.78 is 6.62. The molecule has 2 aromatic carbocycles. The minimum absolute atomic E-state index is 0.226. The summed E-state index contributed by atoms with van der Waals surface area (Å²) in [6, 6.07) is 14.9. The lowest BCUT2D eigenvalue weighted by Crippen LogP contribution is -2.10. The van der Waals surface area contributed by atoms with Gasteiger partial charge in [0.1, 0.15) is 18.5 Å². The van der Waals surface area contributed by atoms with Crippen LogP contribution >= 0.6 is 22.6 Å². The van der Waals surface area contributed by atoms with E-state index in [4.69, 9.17) is 10.5 Å². The van der Waals surface area contributed by atoms with Crippen LogP contribution in [0.3, 0.4) is 0 Å². The Labute approximate surface area is 120 Å². The normalized spacial score (nSPS) is 12.1. The number of para-hydroxylation sites is 1. The number of aliphatic hydroxyl groups is 1. The van der Waals surface area contributed by atoms with E-state index >= 15 is 0 Å². The molecule has 0 amide bonds. The van der Waals surface area contributed by atoms with Gasteiger partial charge in [-0.15, -0.1) is 0 Å². The standard InChI is InChI=1S/C14H14INO2/c15-12-3-1-2-4-14(12)18-9-13(17)10-5-7-11(16)8-6-10/h1-8,13,17H,9,16H2. The van der Waals surface area contributed by atoms with Crippen molar-refractivity contribution < 1.29 is 9.84 Å². The summed E-state index contributed by atoms with van der Waals surface area (Å²) in [6.45, 7) is 0.226. The van der Waals surface area contributed by atoms with E-state index in [9.17, 15) is 5.11 Å². The molecule has 0 saturated carbocycles. The van der Waals surface area contributed by atoms with Crippen LogP contribution in [-0.4, -0.2) is 11.7 Å². The van der Waals surface area contributed by atoms with Crippen LogP contribution < -0.4 is 10.5 Å². The zero-order valence-electron chi connectivity index (χ0n) is 9.71. The predicted octanol–water partition coefficient (Wildman–Crippen LogP) is 2.99. The molecule has 0 heterocycles. The summed E-state index contributed by atoms with van der Waals surface area (Å²) in [6.07, 6.45) is -0.651. The number of hydrogen-bond acceptors (Lipinski definition) is 3. The molecule has 3 nitrogen and oxygen atoms in total. The lowest BCUT2D eigenvalue weighted by molar-refractivity contribution is 0.108. The smallest absolute Gasteiger partial charge is 0.132 e. The Bertz CT molecular complexity index is 513. The van der Waals surface area contributed by atoms with Crippen molar-refractivity contribution in [2.45, 2.75) is 6.10 Å². The number of anilines is 1. The molecule has 0 bridgehead atoms. The molecule has 0 aliphatic heterocycles. The van der Waals surface area contributed by atoms with Crippen LogP contribution in [0, 0.1) is 3.57 Å². The second kappa shape index (κ2) is 6.06. The summed E-state index contributed by atoms with van der Waals surface area (Å²) in [4.78, 5) is 0. The maximum Gasteiger partial charge on any atom is 0.132 e. The van der Waals surface area contributed by atoms with E-state index in [1.165, 1.54) is 0 Å². The summed E-state index contributed by atoms with van der Waals surface area (Å²) in [5.74, 6) is 0.785. The first-order valence-electron chi connectivity index (χ1n) is 5.57. The highest BCUT2D eigenvalue weighted by Crippen LogP contribution is 2.22. The quantitative estimate of drug-likeness (QED) is 0.655. The van der Waals surface area contributed by atoms with Crippen LogP contribution in [0.2, 0.25) is 0 Å². The van der Waals surface area contributed by atoms with Gasteiger partial charge >= 0.3 is 0 Å². The minimum atomic E-state index is -0.651. The summed E-state index contributed by atoms with van der Waals surface area (Å²) in [5.41, 5.74) is 7.08. The van der Waals surface area contributed by atoms with Gasteiger partial charge in [0.15, 0.2) is 0 Å². The molecular weight excluding hydrogens is 341 g/mol. The Balaban J connectivity index is 1.98. The first-order valence-corrected chi connectivity index (χ1v) is 6.65. The van der Waals surface area contributed by atoms with Crippen LogP contribution in [-0.2, 0) is 0 Å². The molecule has 0 aliphatic carbocycles. The Kier molecular flexibility index (Phi) is 4.43. The zero-order valence-corrected chi connectivity index (χ0v) is 11.9. The first-order chi connectivity index (χ1) is 8.66. The number of hydrogen-bond donors (Lipinski definition) is 2. The van der Waals surface area contributed by atoms with Crippen molar-refractivity contribution in [2.75, 3.05) is 12.3 Å². The van der Waals surface area contributed by atoms with Gasteiger partial charge in [0.2, 0.25) is 0 Å². The van der Waals surface area contributed by atoms with Gasteiger partial charge in [-0.25, -0.2) is 0 Å². The number of benzene rings is 2. The van der Waals surface area contributed by atoms with E-state index in [2.05, 4.69) is 22.6 Å². The molecule has 0 saturated heterocycles. The topological polar surface area (TPSA) is 55.5 Å². The van der Waals surface area contributed by atoms with Gasteiger partial charge in [0.05, 0.1) is 3.57 Å². The number of halogens is 1. The van der Waals surface area contributed by atoms with Crippen molar-refractivity contribution in [1.82, 2.24) is 0 Å². The highest BCUT2D eigenvalue weighted by atomic mass is 127. The van der Waals surface area contributed by atoms with Gasteiger partial charge in [0.25, 0.3) is 0 Å². The molecule has 0 spiro atoms. The molecule has 2 rings (SSSR count). The molecular formula is C14H14INO2. The lowest BCUT2D eigenvalue weighted by Gasteiger charge is -2.13. The summed E-state index contributed by atoms with van der Waals surface area (Å²) in [5, 5.41) is 10.00. The van der Waals surface area contributed by atoms with Gasteiger partial charge in [-0.2, -0.15) is 0 Å². The third-order valence-corrected chi connectivity index (χ3v) is 3.45. The molecule has 2 aromatic rings. The fraction of sp³-hybridized carbons (Fsp3) is 0.143. The van der Waals surface area contributed by atoms with Gasteiger partial charge in [-0.05, 0) is 52.4 Å². The predicted molar refractivity (Wildman–Crippen MR) is 80.5 cm³/mol. The fourth-order valence-corrected chi connectivity index (χ4v) is 2.09. The fourth-order valence-electron chi connectivity index (χ4n) is 1.54. The molecule has 1 unspecified atom stereocenters. The van der Waals surface area contributed by atoms with E-state index < -0.39 is 6.10 Å². The van der Waals surface area contributed by atoms with E-state index in [0.717, 1.165) is 14.9 Å². The maximum atomic E-state index is 10.00. The van der Waals surface area contributed by atoms with Gasteiger partial charge in [0, 0.05) is 5.69 Å². The van der Waals surface area contributed by atoms with Crippen LogP contribution in [0.1, 0.15) is 11.7 Å². The van der Waals surface area contributed by atoms with E-state index in [-0.39, 0.29) is 6.61 Å². The van der Waals surface area contributed by atoms with Crippen molar-refractivity contribution in [3.8, 4) is 5.75 Å². The third-order valence-electron chi connectivity index (χ3n) is 2.55. The second-order valence-electron chi connectivity index (χ2n) is 3.92. The SMILES string of the molecule is Nc1ccc(C(O)COc2ccccc2I)cc1. The minimum Gasteiger partial charge on any atom is -0.489 e. The van der Waals surface area contributed by atoms with Crippen molar-refractivity contribution in [3.05, 3.63) is 57.7 Å². The Morgan fingerprint density at radius 3 is 2.44 bits per heavy atom. The molecule has 0 radical (unpaired) electrons. The number of ether oxygens (including phenoxy) is 1. The van der Waals surface area contributed by atoms with Crippen molar-refractivity contribution in [3.63, 3.8) is 0 Å². The highest BCUT2D eigenvalue weighted by molar-refractivity contribution is 14.1. The van der Waals surface area contributed by atoms with Gasteiger partial charge in [-0.3, -0.25) is 0 Å². The Morgan fingerprint density at radius 1 is 1.11 bits per heavy atom. The Morgan fingerprint density at radius 2 is 1.78 bits per heavy atom. The van der Waals surface area contributed by atoms with Crippen molar-refractivity contribution >= 4 is 28.3 Å². The molecule has 94 valence electrons. The number of nitrogen functional groups attached to an aromatic ring is 1. The van der Waals surface area contributed by atoms with Gasteiger partial charge < -0.3 is 15.6 Å². The van der Waals surface area contributed by atoms with Crippen LogP contribution in [0.15, 0.2) is 48.5 Å². The molecule has 1 atom stereocenters. The summed E-state index contributed by atoms with van der Waals surface area (Å²) >= 11 is 2.20. The molecule has 0 aromatic heterocycles. The molecule has 3 N–H and O–H groups in total. The van der Waals surface area contributed by atoms with Crippen LogP contribution in [0.5, 0.6) is 5.75 Å². The van der Waals surface area contributed by atoms with E-state index in [0.29, 0.717) is 5.69 Å². The lowest BCUT2D eigenvalue weighted by atomic mass is 10.1. The van der Waals surface area contributed by atoms with Crippen molar-refractivity contribution in [1.29, 1.82) is 0 Å². The summed E-state index contributed by atoms with van der Waals surface area (Å²) in [7, 11) is 0. The van der Waals surface area contributed by atoms with Crippen LogP contribution in [0.25, 0.3) is 0 Å². The maximum absolute atomic E-state index is 10.00. The van der Waals surface area contributed by atoms with E-state index in [1.54, 1.807) is 24.3 Å². The highest BCUT2D eigenvalue weighted by Gasteiger charge is 2.09. The molecule has 18 heavy (non-hydrogen) atoms. The zero-order chi connectivity index (χ0) is 13.0. The van der Waals surface area contributed by atoms with Crippen molar-refractivity contribution in [2.24, 2.45) is 0 Å². The number of aliphatic hydroxyl groups excluding tert-OH is 1. The third kappa shape index (κ3) is 3.36. The van der Waals surface area contributed by atoms with Crippen LogP contribution in [0.4, 0.5) is 5.69 Å². The monoisotopic (exact) mass is 355 g/mol. The molecule has 0 fully saturated rings. The number of rotatable bonds is 4. The number of nitrogens with two attached hydrogens (primary N) is 1. The Hall–Kier alpha value is -1.27. The average Bonchev–Trinajstić information content (AvgIpc) is 2.38.